The van der Waals surface area contributed by atoms with Gasteiger partial charge in [0.15, 0.2) is 5.69 Å². The fraction of sp³-hybridized carbons (Fsp3) is 0.692. The summed E-state index contributed by atoms with van der Waals surface area (Å²) in [6.45, 7) is 5.36. The second-order valence-electron chi connectivity index (χ2n) is 5.19. The molecule has 0 bridgehead atoms. The maximum absolute atomic E-state index is 12.4. The third-order valence-electron chi connectivity index (χ3n) is 3.93. The molecule has 1 aliphatic rings. The van der Waals surface area contributed by atoms with Gasteiger partial charge in [-0.05, 0) is 19.4 Å². The average molecular weight is 265 g/mol. The Balaban J connectivity index is 2.02. The number of aryl methyl sites for hydroxylation is 1. The Morgan fingerprint density at radius 3 is 2.63 bits per heavy atom. The highest BCUT2D eigenvalue weighted by atomic mass is 16.2. The second-order valence-corrected chi connectivity index (χ2v) is 5.19. The summed E-state index contributed by atoms with van der Waals surface area (Å²) >= 11 is 0. The van der Waals surface area contributed by atoms with Crippen molar-refractivity contribution in [3.05, 3.63) is 11.9 Å². The number of likely N-dealkylation sites (tertiary alicyclic amines) is 1. The summed E-state index contributed by atoms with van der Waals surface area (Å²) in [5.41, 5.74) is 6.63. The van der Waals surface area contributed by atoms with Crippen LogP contribution in [0.1, 0.15) is 30.3 Å². The van der Waals surface area contributed by atoms with Gasteiger partial charge in [0.2, 0.25) is 0 Å². The molecule has 0 aromatic carbocycles. The van der Waals surface area contributed by atoms with E-state index in [0.717, 1.165) is 32.5 Å². The predicted octanol–water partition coefficient (Wildman–Crippen LogP) is 0.559. The average Bonchev–Trinajstić information content (AvgIpc) is 2.76. The normalized spacial score (nSPS) is 17.6. The number of piperidine rings is 1. The number of carbonyl (C=O) groups excluding carboxylic acids is 1. The van der Waals surface area contributed by atoms with Crippen molar-refractivity contribution in [2.75, 3.05) is 32.4 Å². The molecule has 6 heteroatoms. The van der Waals surface area contributed by atoms with Crippen molar-refractivity contribution < 1.29 is 4.79 Å². The number of nitrogens with two attached hydrogens (primary N) is 1. The Morgan fingerprint density at radius 2 is 2.16 bits per heavy atom. The fourth-order valence-corrected chi connectivity index (χ4v) is 2.63. The SMILES string of the molecule is CCN1CCC(N(C)C(=O)c2nn(C)cc2N)CC1. The molecule has 0 aliphatic carbocycles. The Kier molecular flexibility index (Phi) is 4.09. The van der Waals surface area contributed by atoms with Crippen molar-refractivity contribution in [1.82, 2.24) is 19.6 Å². The van der Waals surface area contributed by atoms with Gasteiger partial charge in [0, 0.05) is 39.4 Å². The molecule has 1 aliphatic heterocycles. The van der Waals surface area contributed by atoms with E-state index in [0.29, 0.717) is 11.4 Å². The van der Waals surface area contributed by atoms with Crippen molar-refractivity contribution in [3.8, 4) is 0 Å². The summed E-state index contributed by atoms with van der Waals surface area (Å²) in [7, 11) is 3.62. The zero-order valence-electron chi connectivity index (χ0n) is 12.0. The lowest BCUT2D eigenvalue weighted by atomic mass is 10.0. The third kappa shape index (κ3) is 2.89. The van der Waals surface area contributed by atoms with Crippen molar-refractivity contribution >= 4 is 11.6 Å². The number of carbonyl (C=O) groups is 1. The molecule has 1 aromatic rings. The molecule has 0 unspecified atom stereocenters. The second kappa shape index (κ2) is 5.61. The van der Waals surface area contributed by atoms with E-state index in [4.69, 9.17) is 5.73 Å². The highest BCUT2D eigenvalue weighted by Crippen LogP contribution is 2.19. The van der Waals surface area contributed by atoms with Gasteiger partial charge in [-0.1, -0.05) is 6.92 Å². The summed E-state index contributed by atoms with van der Waals surface area (Å²) in [5.74, 6) is -0.0759. The zero-order chi connectivity index (χ0) is 14.0. The van der Waals surface area contributed by atoms with Crippen LogP contribution in [-0.4, -0.2) is 58.2 Å². The summed E-state index contributed by atoms with van der Waals surface area (Å²) in [6, 6.07) is 0.289. The van der Waals surface area contributed by atoms with Crippen molar-refractivity contribution in [2.45, 2.75) is 25.8 Å². The van der Waals surface area contributed by atoms with Crippen LogP contribution in [0.2, 0.25) is 0 Å². The number of amides is 1. The molecule has 1 amide bonds. The van der Waals surface area contributed by atoms with E-state index in [-0.39, 0.29) is 11.9 Å². The summed E-state index contributed by atoms with van der Waals surface area (Å²) in [6.07, 6.45) is 3.70. The maximum Gasteiger partial charge on any atom is 0.276 e. The molecule has 0 radical (unpaired) electrons. The fourth-order valence-electron chi connectivity index (χ4n) is 2.63. The number of nitrogen functional groups attached to an aromatic ring is 1. The Hall–Kier alpha value is -1.56. The van der Waals surface area contributed by atoms with Crippen molar-refractivity contribution in [1.29, 1.82) is 0 Å². The highest BCUT2D eigenvalue weighted by Gasteiger charge is 2.27. The number of nitrogens with zero attached hydrogens (tertiary/aromatic N) is 4. The lowest BCUT2D eigenvalue weighted by Crippen LogP contribution is -2.45. The third-order valence-corrected chi connectivity index (χ3v) is 3.93. The Labute approximate surface area is 114 Å². The molecule has 1 fully saturated rings. The number of aromatic nitrogens is 2. The smallest absolute Gasteiger partial charge is 0.276 e. The van der Waals surface area contributed by atoms with E-state index >= 15 is 0 Å². The van der Waals surface area contributed by atoms with Gasteiger partial charge in [-0.2, -0.15) is 5.10 Å². The predicted molar refractivity (Wildman–Crippen MR) is 74.8 cm³/mol. The van der Waals surface area contributed by atoms with Crippen LogP contribution in [0.3, 0.4) is 0 Å². The first-order chi connectivity index (χ1) is 9.02. The molecule has 6 nitrogen and oxygen atoms in total. The van der Waals surface area contributed by atoms with Gasteiger partial charge in [0.05, 0.1) is 5.69 Å². The van der Waals surface area contributed by atoms with Crippen LogP contribution < -0.4 is 5.73 Å². The van der Waals surface area contributed by atoms with Gasteiger partial charge in [-0.3, -0.25) is 9.48 Å². The number of hydrogen-bond donors (Lipinski definition) is 1. The van der Waals surface area contributed by atoms with E-state index in [1.807, 2.05) is 7.05 Å². The molecular formula is C13H23N5O. The molecule has 0 spiro atoms. The monoisotopic (exact) mass is 265 g/mol. The Morgan fingerprint density at radius 1 is 1.53 bits per heavy atom. The highest BCUT2D eigenvalue weighted by molar-refractivity contribution is 5.97. The van der Waals surface area contributed by atoms with Crippen molar-refractivity contribution in [3.63, 3.8) is 0 Å². The molecule has 106 valence electrons. The summed E-state index contributed by atoms with van der Waals surface area (Å²) < 4.78 is 1.58. The maximum atomic E-state index is 12.4. The summed E-state index contributed by atoms with van der Waals surface area (Å²) in [4.78, 5) is 16.6. The van der Waals surface area contributed by atoms with E-state index in [1.54, 1.807) is 22.8 Å². The van der Waals surface area contributed by atoms with E-state index in [9.17, 15) is 4.79 Å². The minimum absolute atomic E-state index is 0.0759. The minimum atomic E-state index is -0.0759. The van der Waals surface area contributed by atoms with Gasteiger partial charge in [0.25, 0.3) is 5.91 Å². The van der Waals surface area contributed by atoms with E-state index in [1.165, 1.54) is 0 Å². The van der Waals surface area contributed by atoms with Gasteiger partial charge >= 0.3 is 0 Å². The van der Waals surface area contributed by atoms with E-state index in [2.05, 4.69) is 16.9 Å². The largest absolute Gasteiger partial charge is 0.396 e. The first-order valence-electron chi connectivity index (χ1n) is 6.81. The first-order valence-corrected chi connectivity index (χ1v) is 6.81. The molecule has 2 N–H and O–H groups in total. The molecule has 2 heterocycles. The minimum Gasteiger partial charge on any atom is -0.396 e. The van der Waals surface area contributed by atoms with Crippen LogP contribution in [-0.2, 0) is 7.05 Å². The van der Waals surface area contributed by atoms with Gasteiger partial charge in [-0.15, -0.1) is 0 Å². The van der Waals surface area contributed by atoms with Crippen LogP contribution in [0.15, 0.2) is 6.20 Å². The zero-order valence-corrected chi connectivity index (χ0v) is 12.0. The van der Waals surface area contributed by atoms with Crippen LogP contribution in [0.5, 0.6) is 0 Å². The first kappa shape index (κ1) is 13.9. The molecule has 2 rings (SSSR count). The number of rotatable bonds is 3. The van der Waals surface area contributed by atoms with Crippen LogP contribution in [0.25, 0.3) is 0 Å². The molecular weight excluding hydrogens is 242 g/mol. The number of hydrogen-bond acceptors (Lipinski definition) is 4. The molecule has 0 atom stereocenters. The molecule has 1 saturated heterocycles. The van der Waals surface area contributed by atoms with Crippen LogP contribution in [0.4, 0.5) is 5.69 Å². The molecule has 1 aromatic heterocycles. The standard InChI is InChI=1S/C13H23N5O/c1-4-18-7-5-10(6-8-18)17(3)13(19)12-11(14)9-16(2)15-12/h9-10H,4-8,14H2,1-3H3. The van der Waals surface area contributed by atoms with Gasteiger partial charge in [0.1, 0.15) is 0 Å². The van der Waals surface area contributed by atoms with Crippen LogP contribution >= 0.6 is 0 Å². The molecule has 19 heavy (non-hydrogen) atoms. The van der Waals surface area contributed by atoms with Crippen LogP contribution in [0, 0.1) is 0 Å². The van der Waals surface area contributed by atoms with Crippen molar-refractivity contribution in [2.24, 2.45) is 7.05 Å². The topological polar surface area (TPSA) is 67.4 Å². The van der Waals surface area contributed by atoms with Gasteiger partial charge < -0.3 is 15.5 Å². The lowest BCUT2D eigenvalue weighted by Gasteiger charge is -2.36. The molecule has 0 saturated carbocycles. The van der Waals surface area contributed by atoms with E-state index < -0.39 is 0 Å². The quantitative estimate of drug-likeness (QED) is 0.867. The van der Waals surface area contributed by atoms with Gasteiger partial charge in [-0.25, -0.2) is 0 Å². The summed E-state index contributed by atoms with van der Waals surface area (Å²) in [5, 5.41) is 4.15. The lowest BCUT2D eigenvalue weighted by molar-refractivity contribution is 0.0641. The Bertz CT molecular complexity index is 448. The number of anilines is 1.